The van der Waals surface area contributed by atoms with Crippen molar-refractivity contribution in [2.45, 2.75) is 12.6 Å². The van der Waals surface area contributed by atoms with Crippen LogP contribution in [0.15, 0.2) is 36.5 Å². The number of nitrogens with one attached hydrogen (secondary N) is 1. The molecule has 0 spiro atoms. The lowest BCUT2D eigenvalue weighted by atomic mass is 9.99. The van der Waals surface area contributed by atoms with Gasteiger partial charge in [-0.3, -0.25) is 0 Å². The number of urea groups is 1. The molecule has 1 aliphatic heterocycles. The van der Waals surface area contributed by atoms with E-state index in [-0.39, 0.29) is 12.1 Å². The summed E-state index contributed by atoms with van der Waals surface area (Å²) in [6, 6.07) is 9.49. The predicted octanol–water partition coefficient (Wildman–Crippen LogP) is 2.86. The van der Waals surface area contributed by atoms with E-state index in [9.17, 15) is 4.79 Å². The Labute approximate surface area is 152 Å². The van der Waals surface area contributed by atoms with Gasteiger partial charge in [-0.15, -0.1) is 11.6 Å². The SMILES string of the molecule is COc1ccc([C@H]2c3cccn3CCN2C(=O)NCCCl)cc1OC. The highest BCUT2D eigenvalue weighted by Gasteiger charge is 2.32. The average molecular weight is 364 g/mol. The molecule has 0 fully saturated rings. The van der Waals surface area contributed by atoms with E-state index in [0.29, 0.717) is 30.5 Å². The van der Waals surface area contributed by atoms with E-state index in [0.717, 1.165) is 17.8 Å². The second-order valence-electron chi connectivity index (χ2n) is 5.76. The van der Waals surface area contributed by atoms with Crippen molar-refractivity contribution in [3.05, 3.63) is 47.8 Å². The molecular weight excluding hydrogens is 342 g/mol. The molecule has 0 aliphatic carbocycles. The molecule has 0 unspecified atom stereocenters. The minimum atomic E-state index is -0.195. The van der Waals surface area contributed by atoms with E-state index in [2.05, 4.69) is 9.88 Å². The van der Waals surface area contributed by atoms with Crippen LogP contribution >= 0.6 is 11.6 Å². The first-order chi connectivity index (χ1) is 12.2. The number of hydrogen-bond acceptors (Lipinski definition) is 3. The van der Waals surface area contributed by atoms with Crippen LogP contribution in [-0.2, 0) is 6.54 Å². The summed E-state index contributed by atoms with van der Waals surface area (Å²) in [6.07, 6.45) is 2.04. The number of benzene rings is 1. The van der Waals surface area contributed by atoms with Gasteiger partial charge in [0.2, 0.25) is 0 Å². The van der Waals surface area contributed by atoms with Gasteiger partial charge in [-0.1, -0.05) is 6.07 Å². The Morgan fingerprint density at radius 1 is 1.24 bits per heavy atom. The van der Waals surface area contributed by atoms with Gasteiger partial charge in [0.1, 0.15) is 0 Å². The normalized spacial score (nSPS) is 16.3. The molecule has 0 saturated carbocycles. The van der Waals surface area contributed by atoms with E-state index < -0.39 is 0 Å². The second kappa shape index (κ2) is 7.70. The number of alkyl halides is 1. The molecule has 2 amide bonds. The number of fused-ring (bicyclic) bond motifs is 1. The summed E-state index contributed by atoms with van der Waals surface area (Å²) in [4.78, 5) is 14.5. The van der Waals surface area contributed by atoms with Gasteiger partial charge in [0, 0.05) is 37.4 Å². The Balaban J connectivity index is 2.00. The Kier molecular flexibility index (Phi) is 5.38. The average Bonchev–Trinajstić information content (AvgIpc) is 3.13. The van der Waals surface area contributed by atoms with Crippen LogP contribution < -0.4 is 14.8 Å². The Morgan fingerprint density at radius 3 is 2.76 bits per heavy atom. The molecule has 0 radical (unpaired) electrons. The molecule has 3 rings (SSSR count). The summed E-state index contributed by atoms with van der Waals surface area (Å²) >= 11 is 5.71. The molecule has 25 heavy (non-hydrogen) atoms. The second-order valence-corrected chi connectivity index (χ2v) is 6.14. The maximum absolute atomic E-state index is 12.6. The molecule has 1 aromatic heterocycles. The maximum Gasteiger partial charge on any atom is 0.318 e. The summed E-state index contributed by atoms with van der Waals surface area (Å²) in [6.45, 7) is 1.83. The van der Waals surface area contributed by atoms with Gasteiger partial charge in [0.05, 0.1) is 20.3 Å². The highest BCUT2D eigenvalue weighted by Crippen LogP contribution is 2.37. The van der Waals surface area contributed by atoms with Crippen molar-refractivity contribution >= 4 is 17.6 Å². The summed E-state index contributed by atoms with van der Waals surface area (Å²) in [7, 11) is 3.21. The molecule has 1 aliphatic rings. The smallest absolute Gasteiger partial charge is 0.318 e. The van der Waals surface area contributed by atoms with Gasteiger partial charge < -0.3 is 24.3 Å². The first-order valence-electron chi connectivity index (χ1n) is 8.17. The summed E-state index contributed by atoms with van der Waals surface area (Å²) in [5.74, 6) is 1.69. The first-order valence-corrected chi connectivity index (χ1v) is 8.70. The van der Waals surface area contributed by atoms with Crippen LogP contribution in [0, 0.1) is 0 Å². The van der Waals surface area contributed by atoms with Crippen molar-refractivity contribution in [1.29, 1.82) is 0 Å². The fourth-order valence-electron chi connectivity index (χ4n) is 3.23. The third kappa shape index (κ3) is 3.39. The lowest BCUT2D eigenvalue weighted by Crippen LogP contribution is -2.47. The Hall–Kier alpha value is -2.34. The van der Waals surface area contributed by atoms with Crippen molar-refractivity contribution in [3.8, 4) is 11.5 Å². The van der Waals surface area contributed by atoms with Gasteiger partial charge in [-0.05, 0) is 29.8 Å². The maximum atomic E-state index is 12.6. The third-order valence-electron chi connectivity index (χ3n) is 4.39. The van der Waals surface area contributed by atoms with Crippen LogP contribution in [0.2, 0.25) is 0 Å². The molecule has 1 N–H and O–H groups in total. The lowest BCUT2D eigenvalue weighted by Gasteiger charge is -2.37. The number of rotatable bonds is 5. The van der Waals surface area contributed by atoms with Gasteiger partial charge in [0.25, 0.3) is 0 Å². The fourth-order valence-corrected chi connectivity index (χ4v) is 3.33. The van der Waals surface area contributed by atoms with Crippen LogP contribution in [0.3, 0.4) is 0 Å². The summed E-state index contributed by atoms with van der Waals surface area (Å²) in [5.41, 5.74) is 2.04. The van der Waals surface area contributed by atoms with Gasteiger partial charge in [-0.2, -0.15) is 0 Å². The largest absolute Gasteiger partial charge is 0.493 e. The molecule has 1 aromatic carbocycles. The fraction of sp³-hybridized carbons (Fsp3) is 0.389. The highest BCUT2D eigenvalue weighted by molar-refractivity contribution is 6.18. The molecule has 0 saturated heterocycles. The summed E-state index contributed by atoms with van der Waals surface area (Å²) in [5, 5.41) is 2.87. The van der Waals surface area contributed by atoms with Gasteiger partial charge in [-0.25, -0.2) is 4.79 Å². The molecule has 2 aromatic rings. The predicted molar refractivity (Wildman–Crippen MR) is 96.6 cm³/mol. The van der Waals surface area contributed by atoms with Crippen LogP contribution in [0.5, 0.6) is 11.5 Å². The molecule has 2 heterocycles. The van der Waals surface area contributed by atoms with Crippen LogP contribution in [0.4, 0.5) is 4.79 Å². The van der Waals surface area contributed by atoms with Crippen LogP contribution in [0.25, 0.3) is 0 Å². The van der Waals surface area contributed by atoms with Crippen molar-refractivity contribution < 1.29 is 14.3 Å². The van der Waals surface area contributed by atoms with Crippen LogP contribution in [0.1, 0.15) is 17.3 Å². The molecule has 134 valence electrons. The molecule has 7 heteroatoms. The summed E-state index contributed by atoms with van der Waals surface area (Å²) < 4.78 is 12.9. The minimum Gasteiger partial charge on any atom is -0.493 e. The monoisotopic (exact) mass is 363 g/mol. The molecule has 0 bridgehead atoms. The number of amides is 2. The number of nitrogens with zero attached hydrogens (tertiary/aromatic N) is 2. The molecular formula is C18H22ClN3O3. The van der Waals surface area contributed by atoms with Gasteiger partial charge >= 0.3 is 6.03 Å². The van der Waals surface area contributed by atoms with Crippen molar-refractivity contribution in [3.63, 3.8) is 0 Å². The van der Waals surface area contributed by atoms with Crippen molar-refractivity contribution in [2.24, 2.45) is 0 Å². The number of aromatic nitrogens is 1. The zero-order valence-electron chi connectivity index (χ0n) is 14.4. The number of methoxy groups -OCH3 is 2. The molecule has 1 atom stereocenters. The third-order valence-corrected chi connectivity index (χ3v) is 4.58. The van der Waals surface area contributed by atoms with E-state index in [4.69, 9.17) is 21.1 Å². The quantitative estimate of drug-likeness (QED) is 0.831. The topological polar surface area (TPSA) is 55.7 Å². The number of carbonyl (C=O) groups excluding carboxylic acids is 1. The number of carbonyl (C=O) groups is 1. The minimum absolute atomic E-state index is 0.118. The van der Waals surface area contributed by atoms with E-state index in [1.165, 1.54) is 0 Å². The zero-order chi connectivity index (χ0) is 17.8. The Bertz CT molecular complexity index is 747. The number of hydrogen-bond donors (Lipinski definition) is 1. The number of ether oxygens (including phenoxy) is 2. The van der Waals surface area contributed by atoms with Crippen molar-refractivity contribution in [1.82, 2.24) is 14.8 Å². The number of halogens is 1. The molecule has 6 nitrogen and oxygen atoms in total. The van der Waals surface area contributed by atoms with Crippen molar-refractivity contribution in [2.75, 3.05) is 33.2 Å². The highest BCUT2D eigenvalue weighted by atomic mass is 35.5. The van der Waals surface area contributed by atoms with Gasteiger partial charge in [0.15, 0.2) is 11.5 Å². The standard InChI is InChI=1S/C18H22ClN3O3/c1-24-15-6-5-13(12-16(15)25-2)17-14-4-3-9-21(14)10-11-22(17)18(23)20-8-7-19/h3-6,9,12,17H,7-8,10-11H2,1-2H3,(H,20,23)/t17-/m0/s1. The van der Waals surface area contributed by atoms with E-state index >= 15 is 0 Å². The zero-order valence-corrected chi connectivity index (χ0v) is 15.1. The van der Waals surface area contributed by atoms with E-state index in [1.807, 2.05) is 41.4 Å². The first kappa shape index (κ1) is 17.5. The van der Waals surface area contributed by atoms with Crippen LogP contribution in [-0.4, -0.2) is 48.7 Å². The lowest BCUT2D eigenvalue weighted by molar-refractivity contribution is 0.169. The van der Waals surface area contributed by atoms with E-state index in [1.54, 1.807) is 14.2 Å². The Morgan fingerprint density at radius 2 is 2.04 bits per heavy atom.